The van der Waals surface area contributed by atoms with Gasteiger partial charge in [-0.3, -0.25) is 9.36 Å². The molecule has 0 saturated carbocycles. The van der Waals surface area contributed by atoms with Crippen LogP contribution >= 0.6 is 33.9 Å². The molecule has 90 valence electrons. The van der Waals surface area contributed by atoms with E-state index in [0.29, 0.717) is 15.9 Å². The van der Waals surface area contributed by atoms with E-state index in [2.05, 4.69) is 20.5 Å². The first-order valence-corrected chi connectivity index (χ1v) is 6.73. The van der Waals surface area contributed by atoms with E-state index in [9.17, 15) is 4.79 Å². The number of anilines is 1. The summed E-state index contributed by atoms with van der Waals surface area (Å²) in [7, 11) is 1.79. The molecule has 1 N–H and O–H groups in total. The third-order valence-electron chi connectivity index (χ3n) is 2.18. The van der Waals surface area contributed by atoms with Crippen LogP contribution in [0.3, 0.4) is 0 Å². The minimum absolute atomic E-state index is 0.0423. The average molecular weight is 363 g/mol. The molecule has 2 aromatic heterocycles. The maximum absolute atomic E-state index is 11.9. The predicted molar refractivity (Wildman–Crippen MR) is 74.5 cm³/mol. The largest absolute Gasteiger partial charge is 0.363 e. The minimum atomic E-state index is -0.0423. The van der Waals surface area contributed by atoms with Gasteiger partial charge < -0.3 is 5.32 Å². The highest BCUT2D eigenvalue weighted by atomic mass is 127. The van der Waals surface area contributed by atoms with Crippen LogP contribution in [0.5, 0.6) is 0 Å². The molecule has 0 fully saturated rings. The van der Waals surface area contributed by atoms with Gasteiger partial charge >= 0.3 is 0 Å². The number of aryl methyl sites for hydroxylation is 1. The Bertz CT molecular complexity index is 593. The quantitative estimate of drug-likeness (QED) is 0.827. The van der Waals surface area contributed by atoms with E-state index < -0.39 is 0 Å². The Hall–Kier alpha value is -1.03. The molecule has 0 atom stereocenters. The first-order chi connectivity index (χ1) is 8.11. The summed E-state index contributed by atoms with van der Waals surface area (Å²) in [5.74, 6) is 0.677. The molecular weight excluding hydrogens is 353 g/mol. The smallest absolute Gasteiger partial charge is 0.267 e. The van der Waals surface area contributed by atoms with Gasteiger partial charge in [-0.25, -0.2) is 4.98 Å². The summed E-state index contributed by atoms with van der Waals surface area (Å²) in [5, 5.41) is 12.4. The molecular formula is C9H10IN5OS. The van der Waals surface area contributed by atoms with Gasteiger partial charge in [0.05, 0.1) is 10.1 Å². The Balaban J connectivity index is 2.36. The van der Waals surface area contributed by atoms with Crippen LogP contribution in [-0.2, 0) is 6.54 Å². The standard InChI is InChI=1S/C9H10IN5OS/c1-5-12-3-6(10)8(16)15(5)4-7-13-14-9(11-2)17-7/h3H,4H2,1-2H3,(H,11,14). The first kappa shape index (κ1) is 12.4. The Kier molecular flexibility index (Phi) is 3.72. The monoisotopic (exact) mass is 363 g/mol. The molecule has 0 aliphatic carbocycles. The van der Waals surface area contributed by atoms with E-state index >= 15 is 0 Å². The van der Waals surface area contributed by atoms with Gasteiger partial charge in [0.1, 0.15) is 10.8 Å². The van der Waals surface area contributed by atoms with Crippen LogP contribution in [0, 0.1) is 10.5 Å². The van der Waals surface area contributed by atoms with Gasteiger partial charge in [0.15, 0.2) is 0 Å². The molecule has 0 bridgehead atoms. The summed E-state index contributed by atoms with van der Waals surface area (Å²) >= 11 is 3.41. The van der Waals surface area contributed by atoms with Crippen LogP contribution < -0.4 is 10.9 Å². The van der Waals surface area contributed by atoms with Crippen molar-refractivity contribution in [2.24, 2.45) is 0 Å². The number of nitrogens with zero attached hydrogens (tertiary/aromatic N) is 4. The summed E-state index contributed by atoms with van der Waals surface area (Å²) in [6, 6.07) is 0. The Labute approximate surface area is 115 Å². The molecule has 2 heterocycles. The molecule has 0 aromatic carbocycles. The molecule has 2 rings (SSSR count). The highest BCUT2D eigenvalue weighted by Gasteiger charge is 2.09. The second kappa shape index (κ2) is 5.08. The van der Waals surface area contributed by atoms with E-state index in [-0.39, 0.29) is 5.56 Å². The molecule has 8 heteroatoms. The number of hydrogen-bond donors (Lipinski definition) is 1. The van der Waals surface area contributed by atoms with Crippen molar-refractivity contribution in [1.82, 2.24) is 19.7 Å². The molecule has 0 saturated heterocycles. The van der Waals surface area contributed by atoms with Crippen molar-refractivity contribution < 1.29 is 0 Å². The molecule has 0 aliphatic rings. The van der Waals surface area contributed by atoms with Crippen molar-refractivity contribution in [1.29, 1.82) is 0 Å². The Morgan fingerprint density at radius 3 is 2.94 bits per heavy atom. The van der Waals surface area contributed by atoms with Crippen LogP contribution in [0.2, 0.25) is 0 Å². The number of aromatic nitrogens is 4. The summed E-state index contributed by atoms with van der Waals surface area (Å²) in [6.45, 7) is 2.21. The Morgan fingerprint density at radius 1 is 1.53 bits per heavy atom. The normalized spacial score (nSPS) is 10.5. The fraction of sp³-hybridized carbons (Fsp3) is 0.333. The fourth-order valence-electron chi connectivity index (χ4n) is 1.29. The van der Waals surface area contributed by atoms with E-state index in [1.165, 1.54) is 11.3 Å². The highest BCUT2D eigenvalue weighted by molar-refractivity contribution is 14.1. The molecule has 0 radical (unpaired) electrons. The lowest BCUT2D eigenvalue weighted by atomic mass is 10.5. The van der Waals surface area contributed by atoms with Crippen LogP contribution in [0.25, 0.3) is 0 Å². The molecule has 2 aromatic rings. The molecule has 0 amide bonds. The van der Waals surface area contributed by atoms with Gasteiger partial charge in [-0.2, -0.15) is 0 Å². The Morgan fingerprint density at radius 2 is 2.29 bits per heavy atom. The highest BCUT2D eigenvalue weighted by Crippen LogP contribution is 2.15. The number of nitrogens with one attached hydrogen (secondary N) is 1. The van der Waals surface area contributed by atoms with Crippen molar-refractivity contribution in [3.05, 3.63) is 31.0 Å². The first-order valence-electron chi connectivity index (χ1n) is 4.84. The minimum Gasteiger partial charge on any atom is -0.363 e. The third kappa shape index (κ3) is 2.63. The van der Waals surface area contributed by atoms with Gasteiger partial charge in [0.25, 0.3) is 5.56 Å². The van der Waals surface area contributed by atoms with Gasteiger partial charge in [0, 0.05) is 13.2 Å². The third-order valence-corrected chi connectivity index (χ3v) is 3.84. The summed E-state index contributed by atoms with van der Waals surface area (Å²) in [5.41, 5.74) is -0.0423. The molecule has 0 aliphatic heterocycles. The van der Waals surface area contributed by atoms with Gasteiger partial charge in [0.2, 0.25) is 5.13 Å². The average Bonchev–Trinajstić information content (AvgIpc) is 2.77. The summed E-state index contributed by atoms with van der Waals surface area (Å²) in [4.78, 5) is 16.1. The second-order valence-electron chi connectivity index (χ2n) is 3.30. The van der Waals surface area contributed by atoms with Crippen molar-refractivity contribution in [2.45, 2.75) is 13.5 Å². The zero-order chi connectivity index (χ0) is 12.4. The maximum Gasteiger partial charge on any atom is 0.267 e. The zero-order valence-corrected chi connectivity index (χ0v) is 12.2. The fourth-order valence-corrected chi connectivity index (χ4v) is 2.40. The lowest BCUT2D eigenvalue weighted by Crippen LogP contribution is -2.26. The van der Waals surface area contributed by atoms with E-state index in [4.69, 9.17) is 0 Å². The van der Waals surface area contributed by atoms with Crippen molar-refractivity contribution in [3.63, 3.8) is 0 Å². The molecule has 6 nitrogen and oxygen atoms in total. The van der Waals surface area contributed by atoms with Crippen molar-refractivity contribution >= 4 is 39.1 Å². The van der Waals surface area contributed by atoms with E-state index in [0.717, 1.165) is 10.1 Å². The van der Waals surface area contributed by atoms with Crippen LogP contribution in [-0.4, -0.2) is 26.8 Å². The van der Waals surface area contributed by atoms with Gasteiger partial charge in [-0.15, -0.1) is 10.2 Å². The number of rotatable bonds is 3. The molecule has 0 spiro atoms. The van der Waals surface area contributed by atoms with E-state index in [1.54, 1.807) is 24.7 Å². The number of halogens is 1. The lowest BCUT2D eigenvalue weighted by molar-refractivity contribution is 0.686. The van der Waals surface area contributed by atoms with Gasteiger partial charge in [-0.1, -0.05) is 11.3 Å². The second-order valence-corrected chi connectivity index (χ2v) is 5.52. The lowest BCUT2D eigenvalue weighted by Gasteiger charge is -2.06. The summed E-state index contributed by atoms with van der Waals surface area (Å²) in [6.07, 6.45) is 1.58. The van der Waals surface area contributed by atoms with Crippen LogP contribution in [0.4, 0.5) is 5.13 Å². The van der Waals surface area contributed by atoms with Crippen LogP contribution in [0.15, 0.2) is 11.0 Å². The SMILES string of the molecule is CNc1nnc(Cn2c(C)ncc(I)c2=O)s1. The molecule has 17 heavy (non-hydrogen) atoms. The molecule has 0 unspecified atom stereocenters. The predicted octanol–water partition coefficient (Wildman–Crippen LogP) is 1.10. The summed E-state index contributed by atoms with van der Waals surface area (Å²) < 4.78 is 2.20. The topological polar surface area (TPSA) is 72.7 Å². The van der Waals surface area contributed by atoms with E-state index in [1.807, 2.05) is 22.6 Å². The van der Waals surface area contributed by atoms with Crippen molar-refractivity contribution in [3.8, 4) is 0 Å². The maximum atomic E-state index is 11.9. The zero-order valence-electron chi connectivity index (χ0n) is 9.27. The van der Waals surface area contributed by atoms with Crippen LogP contribution in [0.1, 0.15) is 10.8 Å². The number of hydrogen-bond acceptors (Lipinski definition) is 6. The van der Waals surface area contributed by atoms with Crippen molar-refractivity contribution in [2.75, 3.05) is 12.4 Å². The van der Waals surface area contributed by atoms with Gasteiger partial charge in [-0.05, 0) is 29.5 Å².